The summed E-state index contributed by atoms with van der Waals surface area (Å²) in [5, 5.41) is 22.0. The van der Waals surface area contributed by atoms with Gasteiger partial charge in [-0.05, 0) is 6.92 Å². The molecular formula is C16H30N2O8. The second-order valence-electron chi connectivity index (χ2n) is 5.87. The minimum atomic E-state index is -2.05. The molecular weight excluding hydrogens is 348 g/mol. The Bertz CT molecular complexity index is 389. The van der Waals surface area contributed by atoms with E-state index in [0.29, 0.717) is 52.7 Å². The normalized spacial score (nSPS) is 21.4. The summed E-state index contributed by atoms with van der Waals surface area (Å²) in [4.78, 5) is 24.4. The minimum absolute atomic E-state index is 0.149. The molecule has 1 heterocycles. The van der Waals surface area contributed by atoms with Gasteiger partial charge in [0.05, 0.1) is 52.9 Å². The van der Waals surface area contributed by atoms with Crippen molar-refractivity contribution in [2.24, 2.45) is 0 Å². The summed E-state index contributed by atoms with van der Waals surface area (Å²) >= 11 is 0. The van der Waals surface area contributed by atoms with Gasteiger partial charge in [0.2, 0.25) is 5.54 Å². The fourth-order valence-electron chi connectivity index (χ4n) is 2.33. The molecule has 1 aliphatic heterocycles. The zero-order valence-electron chi connectivity index (χ0n) is 15.3. The number of carboxylic acid groups (broad SMARTS) is 2. The first-order valence-corrected chi connectivity index (χ1v) is 8.73. The molecule has 152 valence electrons. The monoisotopic (exact) mass is 378 g/mol. The fraction of sp³-hybridized carbons (Fsp3) is 0.875. The summed E-state index contributed by atoms with van der Waals surface area (Å²) in [5.41, 5.74) is -2.05. The molecule has 1 saturated heterocycles. The van der Waals surface area contributed by atoms with Crippen LogP contribution in [0.4, 0.5) is 0 Å². The van der Waals surface area contributed by atoms with E-state index in [1.54, 1.807) is 0 Å². The predicted molar refractivity (Wildman–Crippen MR) is 91.4 cm³/mol. The Kier molecular flexibility index (Phi) is 11.3. The van der Waals surface area contributed by atoms with Crippen LogP contribution < -0.4 is 5.32 Å². The third-order valence-electron chi connectivity index (χ3n) is 4.07. The Morgan fingerprint density at radius 3 is 1.54 bits per heavy atom. The van der Waals surface area contributed by atoms with E-state index in [2.05, 4.69) is 5.32 Å². The van der Waals surface area contributed by atoms with E-state index in [-0.39, 0.29) is 26.3 Å². The first kappa shape index (κ1) is 22.7. The van der Waals surface area contributed by atoms with Crippen LogP contribution in [0.3, 0.4) is 0 Å². The van der Waals surface area contributed by atoms with E-state index < -0.39 is 17.5 Å². The molecule has 0 spiro atoms. The summed E-state index contributed by atoms with van der Waals surface area (Å²) in [6.07, 6.45) is 0. The van der Waals surface area contributed by atoms with Crippen LogP contribution in [0.1, 0.15) is 6.92 Å². The highest BCUT2D eigenvalue weighted by Crippen LogP contribution is 2.16. The van der Waals surface area contributed by atoms with E-state index in [9.17, 15) is 19.8 Å². The average molecular weight is 378 g/mol. The molecule has 10 heteroatoms. The lowest BCUT2D eigenvalue weighted by atomic mass is 10.0. The van der Waals surface area contributed by atoms with Crippen molar-refractivity contribution in [2.75, 3.05) is 79.0 Å². The van der Waals surface area contributed by atoms with Crippen LogP contribution in [0.2, 0.25) is 0 Å². The first-order chi connectivity index (χ1) is 12.5. The second kappa shape index (κ2) is 13.0. The molecule has 0 amide bonds. The van der Waals surface area contributed by atoms with Gasteiger partial charge >= 0.3 is 11.9 Å². The third-order valence-corrected chi connectivity index (χ3v) is 4.07. The molecule has 0 aromatic heterocycles. The summed E-state index contributed by atoms with van der Waals surface area (Å²) in [6.45, 7) is 5.91. The third kappa shape index (κ3) is 7.94. The first-order valence-electron chi connectivity index (χ1n) is 8.73. The van der Waals surface area contributed by atoms with Crippen LogP contribution in [-0.2, 0) is 28.5 Å². The number of carboxylic acids is 2. The van der Waals surface area contributed by atoms with Crippen molar-refractivity contribution in [1.29, 1.82) is 0 Å². The zero-order valence-corrected chi connectivity index (χ0v) is 15.3. The summed E-state index contributed by atoms with van der Waals surface area (Å²) in [7, 11) is 0. The van der Waals surface area contributed by atoms with Crippen LogP contribution in [0.5, 0.6) is 0 Å². The Morgan fingerprint density at radius 1 is 0.769 bits per heavy atom. The van der Waals surface area contributed by atoms with E-state index >= 15 is 0 Å². The molecule has 3 N–H and O–H groups in total. The number of nitrogens with one attached hydrogen (secondary N) is 1. The molecule has 1 rings (SSSR count). The lowest BCUT2D eigenvalue weighted by Crippen LogP contribution is -2.59. The Hall–Kier alpha value is -1.30. The van der Waals surface area contributed by atoms with Crippen molar-refractivity contribution in [1.82, 2.24) is 10.2 Å². The van der Waals surface area contributed by atoms with Gasteiger partial charge in [-0.1, -0.05) is 0 Å². The van der Waals surface area contributed by atoms with Gasteiger partial charge in [-0.25, -0.2) is 9.59 Å². The lowest BCUT2D eigenvalue weighted by molar-refractivity contribution is -0.167. The van der Waals surface area contributed by atoms with E-state index in [0.717, 1.165) is 0 Å². The summed E-state index contributed by atoms with van der Waals surface area (Å²) in [6, 6.07) is 0. The van der Waals surface area contributed by atoms with Gasteiger partial charge in [0.1, 0.15) is 0 Å². The number of ether oxygens (including phenoxy) is 4. The van der Waals surface area contributed by atoms with Crippen molar-refractivity contribution < 1.29 is 38.7 Å². The number of aliphatic carboxylic acids is 2. The molecule has 10 nitrogen and oxygen atoms in total. The maximum Gasteiger partial charge on any atom is 0.335 e. The van der Waals surface area contributed by atoms with Crippen molar-refractivity contribution in [2.45, 2.75) is 12.5 Å². The van der Waals surface area contributed by atoms with Crippen LogP contribution in [0.15, 0.2) is 0 Å². The number of rotatable bonds is 3. The van der Waals surface area contributed by atoms with Crippen molar-refractivity contribution in [3.63, 3.8) is 0 Å². The molecule has 1 fully saturated rings. The minimum Gasteiger partial charge on any atom is -0.479 e. The number of hydrogen-bond acceptors (Lipinski definition) is 8. The van der Waals surface area contributed by atoms with Gasteiger partial charge in [-0.15, -0.1) is 0 Å². The second-order valence-corrected chi connectivity index (χ2v) is 5.87. The topological polar surface area (TPSA) is 127 Å². The van der Waals surface area contributed by atoms with E-state index in [1.165, 1.54) is 11.8 Å². The largest absolute Gasteiger partial charge is 0.479 e. The predicted octanol–water partition coefficient (Wildman–Crippen LogP) is -1.11. The Morgan fingerprint density at radius 2 is 1.15 bits per heavy atom. The van der Waals surface area contributed by atoms with E-state index in [4.69, 9.17) is 18.9 Å². The van der Waals surface area contributed by atoms with Crippen molar-refractivity contribution in [3.8, 4) is 0 Å². The van der Waals surface area contributed by atoms with Crippen molar-refractivity contribution >= 4 is 11.9 Å². The molecule has 0 radical (unpaired) electrons. The number of carbonyl (C=O) groups is 2. The van der Waals surface area contributed by atoms with Gasteiger partial charge in [-0.2, -0.15) is 0 Å². The molecule has 0 aromatic carbocycles. The fourth-order valence-corrected chi connectivity index (χ4v) is 2.33. The Labute approximate surface area is 153 Å². The highest BCUT2D eigenvalue weighted by Gasteiger charge is 2.47. The van der Waals surface area contributed by atoms with Gasteiger partial charge < -0.3 is 34.5 Å². The molecule has 0 saturated carbocycles. The summed E-state index contributed by atoms with van der Waals surface area (Å²) in [5.74, 6) is -2.85. The van der Waals surface area contributed by atoms with Crippen LogP contribution in [0.25, 0.3) is 0 Å². The molecule has 0 aliphatic carbocycles. The standard InChI is InChI=1S/C16H30N2O8/c1-16(14(19)20,15(21)22)18-4-8-25-12-10-23-6-2-17-3-7-24-11-13-26-9-5-18/h17H,2-13H2,1H3,(H,19,20)(H,21,22). The molecule has 0 atom stereocenters. The smallest absolute Gasteiger partial charge is 0.335 e. The van der Waals surface area contributed by atoms with E-state index in [1.807, 2.05) is 0 Å². The van der Waals surface area contributed by atoms with Crippen LogP contribution in [0, 0.1) is 0 Å². The molecule has 1 aliphatic rings. The van der Waals surface area contributed by atoms with Gasteiger partial charge in [0, 0.05) is 26.2 Å². The van der Waals surface area contributed by atoms with Crippen molar-refractivity contribution in [3.05, 3.63) is 0 Å². The molecule has 0 unspecified atom stereocenters. The lowest BCUT2D eigenvalue weighted by Gasteiger charge is -2.34. The maximum atomic E-state index is 11.5. The maximum absolute atomic E-state index is 11.5. The Balaban J connectivity index is 2.61. The highest BCUT2D eigenvalue weighted by molar-refractivity contribution is 6.02. The summed E-state index contributed by atoms with van der Waals surface area (Å²) < 4.78 is 21.7. The molecule has 26 heavy (non-hydrogen) atoms. The van der Waals surface area contributed by atoms with Gasteiger partial charge in [-0.3, -0.25) is 4.90 Å². The molecule has 0 aromatic rings. The number of hydrogen-bond donors (Lipinski definition) is 3. The quantitative estimate of drug-likeness (QED) is 0.520. The highest BCUT2D eigenvalue weighted by atomic mass is 16.5. The van der Waals surface area contributed by atoms with Gasteiger partial charge in [0.15, 0.2) is 0 Å². The SMILES string of the molecule is CC(C(=O)O)(C(=O)O)N1CCOCCOCCNCCOCCOCC1. The number of nitrogens with zero attached hydrogens (tertiary/aromatic N) is 1. The zero-order chi connectivity index (χ0) is 19.3. The van der Waals surface area contributed by atoms with Crippen LogP contribution in [-0.4, -0.2) is 112 Å². The molecule has 0 bridgehead atoms. The average Bonchev–Trinajstić information content (AvgIpc) is 2.60. The van der Waals surface area contributed by atoms with Crippen LogP contribution >= 0.6 is 0 Å². The van der Waals surface area contributed by atoms with Gasteiger partial charge in [0.25, 0.3) is 0 Å².